The predicted molar refractivity (Wildman–Crippen MR) is 156 cm³/mol. The quantitative estimate of drug-likeness (QED) is 0.163. The molecule has 2 unspecified atom stereocenters. The van der Waals surface area contributed by atoms with Crippen molar-refractivity contribution in [1.29, 1.82) is 0 Å². The lowest BCUT2D eigenvalue weighted by molar-refractivity contribution is -0.125. The van der Waals surface area contributed by atoms with Crippen LogP contribution in [0.5, 0.6) is 0 Å². The van der Waals surface area contributed by atoms with Crippen LogP contribution in [0.3, 0.4) is 0 Å². The van der Waals surface area contributed by atoms with Crippen molar-refractivity contribution in [2.24, 2.45) is 16.7 Å². The number of nitrogens with zero attached hydrogens (tertiary/aromatic N) is 1. The van der Waals surface area contributed by atoms with E-state index in [0.29, 0.717) is 31.4 Å². The summed E-state index contributed by atoms with van der Waals surface area (Å²) in [5.74, 6) is 0.352. The molecule has 0 heterocycles. The van der Waals surface area contributed by atoms with Gasteiger partial charge in [-0.2, -0.15) is 11.8 Å². The average molecular weight is 533 g/mol. The second kappa shape index (κ2) is 17.1. The Labute approximate surface area is 228 Å². The van der Waals surface area contributed by atoms with E-state index in [2.05, 4.69) is 60.7 Å². The summed E-state index contributed by atoms with van der Waals surface area (Å²) in [6, 6.07) is 0. The van der Waals surface area contributed by atoms with Crippen molar-refractivity contribution in [2.45, 2.75) is 124 Å². The van der Waals surface area contributed by atoms with E-state index in [-0.39, 0.29) is 27.3 Å². The summed E-state index contributed by atoms with van der Waals surface area (Å²) in [4.78, 5) is 24.1. The first-order chi connectivity index (χ1) is 16.2. The highest BCUT2D eigenvalue weighted by Crippen LogP contribution is 2.33. The van der Waals surface area contributed by atoms with Crippen LogP contribution in [0, 0.1) is 16.7 Å². The van der Waals surface area contributed by atoms with Gasteiger partial charge in [-0.05, 0) is 38.1 Å². The molecule has 216 valence electrons. The largest absolute Gasteiger partial charge is 0.380 e. The van der Waals surface area contributed by atoms with Crippen LogP contribution in [-0.2, 0) is 14.3 Å². The predicted octanol–water partition coefficient (Wildman–Crippen LogP) is 6.15. The van der Waals surface area contributed by atoms with Crippen molar-refractivity contribution in [2.75, 3.05) is 33.4 Å². The monoisotopic (exact) mass is 532 g/mol. The summed E-state index contributed by atoms with van der Waals surface area (Å²) in [6.45, 7) is 27.7. The standard InChI is InChI=1S/C16H31NO3.C13H29NOS/c1-13(2)14(19)8-15(3,4)10-20-11-16(5,6)9-17(7)12-18;1-7-11(3)16-12(4,5)9-10-14-13(6,15)8-2/h12-13H,8-11H2,1-7H3;11,14-15H,7-10H2,1-6H3. The molecule has 0 aliphatic rings. The molecule has 2 N–H and O–H groups in total. The molecule has 6 nitrogen and oxygen atoms in total. The Balaban J connectivity index is 0. The molecule has 0 fully saturated rings. The van der Waals surface area contributed by atoms with E-state index in [4.69, 9.17) is 4.74 Å². The molecule has 0 rings (SSSR count). The number of hydrogen-bond donors (Lipinski definition) is 2. The topological polar surface area (TPSA) is 78.9 Å². The number of carbonyl (C=O) groups is 2. The second-order valence-electron chi connectivity index (χ2n) is 13.0. The molecule has 36 heavy (non-hydrogen) atoms. The number of hydrogen-bond acceptors (Lipinski definition) is 6. The lowest BCUT2D eigenvalue weighted by atomic mass is 9.85. The van der Waals surface area contributed by atoms with Crippen molar-refractivity contribution >= 4 is 24.0 Å². The Kier molecular flexibility index (Phi) is 17.8. The summed E-state index contributed by atoms with van der Waals surface area (Å²) >= 11 is 2.04. The van der Waals surface area contributed by atoms with Gasteiger partial charge in [-0.1, -0.05) is 76.2 Å². The minimum absolute atomic E-state index is 0.0759. The Hall–Kier alpha value is -0.630. The highest BCUT2D eigenvalue weighted by atomic mass is 32.2. The van der Waals surface area contributed by atoms with Crippen LogP contribution in [0.4, 0.5) is 0 Å². The third-order valence-corrected chi connectivity index (χ3v) is 7.73. The van der Waals surface area contributed by atoms with Crippen LogP contribution in [0.15, 0.2) is 0 Å². The van der Waals surface area contributed by atoms with Gasteiger partial charge in [-0.3, -0.25) is 14.9 Å². The summed E-state index contributed by atoms with van der Waals surface area (Å²) in [6.07, 6.45) is 4.41. The highest BCUT2D eigenvalue weighted by Gasteiger charge is 2.26. The summed E-state index contributed by atoms with van der Waals surface area (Å²) < 4.78 is 6.08. The van der Waals surface area contributed by atoms with Crippen molar-refractivity contribution in [3.8, 4) is 0 Å². The number of rotatable bonds is 18. The van der Waals surface area contributed by atoms with E-state index in [1.807, 2.05) is 39.5 Å². The van der Waals surface area contributed by atoms with Gasteiger partial charge in [-0.15, -0.1) is 0 Å². The molecular formula is C29H60N2O4S. The number of amides is 1. The summed E-state index contributed by atoms with van der Waals surface area (Å²) in [7, 11) is 1.76. The lowest BCUT2D eigenvalue weighted by Gasteiger charge is -2.31. The lowest BCUT2D eigenvalue weighted by Crippen LogP contribution is -2.43. The first-order valence-electron chi connectivity index (χ1n) is 13.6. The number of nitrogens with one attached hydrogen (secondary N) is 1. The maximum Gasteiger partial charge on any atom is 0.209 e. The fourth-order valence-electron chi connectivity index (χ4n) is 3.53. The molecule has 0 spiro atoms. The van der Waals surface area contributed by atoms with Gasteiger partial charge in [0.2, 0.25) is 6.41 Å². The highest BCUT2D eigenvalue weighted by molar-refractivity contribution is 8.01. The number of ether oxygens (including phenoxy) is 1. The zero-order valence-corrected chi connectivity index (χ0v) is 26.7. The zero-order valence-electron chi connectivity index (χ0n) is 25.9. The van der Waals surface area contributed by atoms with Gasteiger partial charge < -0.3 is 14.7 Å². The first kappa shape index (κ1) is 37.5. The molecule has 0 saturated carbocycles. The number of Topliss-reactive ketones (excluding diaryl/α,β-unsaturated/α-hetero) is 1. The number of aliphatic hydroxyl groups is 1. The second-order valence-corrected chi connectivity index (χ2v) is 15.2. The smallest absolute Gasteiger partial charge is 0.209 e. The van der Waals surface area contributed by atoms with Gasteiger partial charge >= 0.3 is 0 Å². The Bertz CT molecular complexity index is 618. The number of carbonyl (C=O) groups excluding carboxylic acids is 2. The SMILES string of the molecule is CC(C)C(=O)CC(C)(C)COCC(C)(C)CN(C)C=O.CCC(C)SC(C)(C)CCNC(C)(O)CC. The van der Waals surface area contributed by atoms with Crippen molar-refractivity contribution in [3.05, 3.63) is 0 Å². The molecule has 0 aromatic rings. The van der Waals surface area contributed by atoms with Gasteiger partial charge in [0.25, 0.3) is 0 Å². The van der Waals surface area contributed by atoms with Gasteiger partial charge in [0.15, 0.2) is 0 Å². The van der Waals surface area contributed by atoms with E-state index < -0.39 is 5.72 Å². The van der Waals surface area contributed by atoms with E-state index >= 15 is 0 Å². The third kappa shape index (κ3) is 20.4. The minimum atomic E-state index is -0.711. The molecule has 0 aliphatic carbocycles. The minimum Gasteiger partial charge on any atom is -0.380 e. The molecule has 0 saturated heterocycles. The normalized spacial score (nSPS) is 15.1. The van der Waals surface area contributed by atoms with Crippen molar-refractivity contribution < 1.29 is 19.4 Å². The molecule has 0 radical (unpaired) electrons. The van der Waals surface area contributed by atoms with Gasteiger partial charge in [0.1, 0.15) is 11.5 Å². The van der Waals surface area contributed by atoms with Gasteiger partial charge in [0, 0.05) is 41.3 Å². The van der Waals surface area contributed by atoms with Crippen LogP contribution < -0.4 is 5.32 Å². The molecule has 0 aromatic heterocycles. The zero-order chi connectivity index (χ0) is 28.8. The van der Waals surface area contributed by atoms with Crippen LogP contribution in [0.1, 0.15) is 109 Å². The van der Waals surface area contributed by atoms with E-state index in [9.17, 15) is 14.7 Å². The fourth-order valence-corrected chi connectivity index (χ4v) is 5.01. The molecule has 0 aliphatic heterocycles. The van der Waals surface area contributed by atoms with E-state index in [1.54, 1.807) is 11.9 Å². The van der Waals surface area contributed by atoms with Gasteiger partial charge in [0.05, 0.1) is 13.2 Å². The maximum atomic E-state index is 11.8. The third-order valence-electron chi connectivity index (χ3n) is 6.16. The number of thioether (sulfide) groups is 1. The molecule has 0 bridgehead atoms. The molecule has 0 aromatic carbocycles. The molecular weight excluding hydrogens is 472 g/mol. The fraction of sp³-hybridized carbons (Fsp3) is 0.931. The average Bonchev–Trinajstić information content (AvgIpc) is 2.72. The molecule has 1 amide bonds. The molecule has 2 atom stereocenters. The van der Waals surface area contributed by atoms with Crippen molar-refractivity contribution in [3.63, 3.8) is 0 Å². The molecule has 7 heteroatoms. The van der Waals surface area contributed by atoms with E-state index in [0.717, 1.165) is 25.8 Å². The maximum absolute atomic E-state index is 11.8. The summed E-state index contributed by atoms with van der Waals surface area (Å²) in [5, 5.41) is 13.7. The van der Waals surface area contributed by atoms with Crippen molar-refractivity contribution in [1.82, 2.24) is 10.2 Å². The Morgan fingerprint density at radius 3 is 2.00 bits per heavy atom. The summed E-state index contributed by atoms with van der Waals surface area (Å²) in [5.41, 5.74) is -0.946. The van der Waals surface area contributed by atoms with Gasteiger partial charge in [-0.25, -0.2) is 0 Å². The number of ketones is 1. The Morgan fingerprint density at radius 1 is 1.03 bits per heavy atom. The van der Waals surface area contributed by atoms with Crippen LogP contribution in [-0.4, -0.2) is 71.3 Å². The van der Waals surface area contributed by atoms with Crippen LogP contribution >= 0.6 is 11.8 Å². The Morgan fingerprint density at radius 2 is 1.56 bits per heavy atom. The van der Waals surface area contributed by atoms with Crippen LogP contribution in [0.25, 0.3) is 0 Å². The first-order valence-corrected chi connectivity index (χ1v) is 14.5. The van der Waals surface area contributed by atoms with E-state index in [1.165, 1.54) is 6.42 Å². The van der Waals surface area contributed by atoms with Crippen LogP contribution in [0.2, 0.25) is 0 Å².